The smallest absolute Gasteiger partial charge is 0.288 e. The Morgan fingerprint density at radius 3 is 2.84 bits per heavy atom. The average molecular weight is 365 g/mol. The van der Waals surface area contributed by atoms with Gasteiger partial charge in [0.1, 0.15) is 17.6 Å². The molecule has 1 atom stereocenters. The summed E-state index contributed by atoms with van der Waals surface area (Å²) in [7, 11) is -3.68. The van der Waals surface area contributed by atoms with Gasteiger partial charge in [-0.15, -0.1) is 0 Å². The van der Waals surface area contributed by atoms with Crippen LogP contribution in [0.15, 0.2) is 35.7 Å². The molecule has 1 aliphatic rings. The van der Waals surface area contributed by atoms with E-state index in [0.29, 0.717) is 11.6 Å². The maximum Gasteiger partial charge on any atom is 0.288 e. The quantitative estimate of drug-likeness (QED) is 0.583. The van der Waals surface area contributed by atoms with Gasteiger partial charge in [0.05, 0.1) is 4.92 Å². The highest BCUT2D eigenvalue weighted by molar-refractivity contribution is 7.90. The summed E-state index contributed by atoms with van der Waals surface area (Å²) < 4.78 is 25.6. The minimum Gasteiger partial charge on any atom is -0.371 e. The molecule has 0 N–H and O–H groups in total. The van der Waals surface area contributed by atoms with Gasteiger partial charge in [-0.1, -0.05) is 0 Å². The van der Waals surface area contributed by atoms with Gasteiger partial charge in [0.15, 0.2) is 9.84 Å². The standard InChI is InChI=1S/C15H19N5O4S/c1-25(23,24)15-7-13(4-5-14(15)20(21)22)18-6-2-3-12(8-18)9-19-11-16-10-17-19/h4-5,7,10-12H,2-3,6,8-9H2,1H3. The first-order chi connectivity index (χ1) is 11.8. The number of nitrogens with zero attached hydrogens (tertiary/aromatic N) is 5. The average Bonchev–Trinajstić information content (AvgIpc) is 3.06. The highest BCUT2D eigenvalue weighted by Crippen LogP contribution is 2.31. The van der Waals surface area contributed by atoms with Gasteiger partial charge in [0, 0.05) is 37.6 Å². The Kier molecular flexibility index (Phi) is 4.71. The maximum absolute atomic E-state index is 11.9. The summed E-state index contributed by atoms with van der Waals surface area (Å²) in [6.07, 6.45) is 6.16. The number of benzene rings is 1. The van der Waals surface area contributed by atoms with Crippen molar-refractivity contribution in [2.45, 2.75) is 24.3 Å². The van der Waals surface area contributed by atoms with Gasteiger partial charge in [-0.3, -0.25) is 14.8 Å². The van der Waals surface area contributed by atoms with Crippen molar-refractivity contribution in [2.75, 3.05) is 24.2 Å². The molecule has 0 radical (unpaired) electrons. The normalized spacial score (nSPS) is 18.3. The van der Waals surface area contributed by atoms with Crippen molar-refractivity contribution in [1.82, 2.24) is 14.8 Å². The Morgan fingerprint density at radius 2 is 2.20 bits per heavy atom. The van der Waals surface area contributed by atoms with Gasteiger partial charge in [-0.05, 0) is 30.9 Å². The molecule has 0 spiro atoms. The Balaban J connectivity index is 1.84. The van der Waals surface area contributed by atoms with E-state index in [4.69, 9.17) is 0 Å². The topological polar surface area (TPSA) is 111 Å². The Hall–Kier alpha value is -2.49. The molecule has 25 heavy (non-hydrogen) atoms. The fraction of sp³-hybridized carbons (Fsp3) is 0.467. The molecule has 2 heterocycles. The highest BCUT2D eigenvalue weighted by atomic mass is 32.2. The van der Waals surface area contributed by atoms with Crippen molar-refractivity contribution >= 4 is 21.2 Å². The summed E-state index contributed by atoms with van der Waals surface area (Å²) in [5, 5.41) is 15.2. The monoisotopic (exact) mass is 365 g/mol. The van der Waals surface area contributed by atoms with Crippen LogP contribution in [0.4, 0.5) is 11.4 Å². The molecule has 1 aromatic carbocycles. The first-order valence-corrected chi connectivity index (χ1v) is 9.79. The van der Waals surface area contributed by atoms with Gasteiger partial charge >= 0.3 is 0 Å². The predicted octanol–water partition coefficient (Wildman–Crippen LogP) is 1.51. The van der Waals surface area contributed by atoms with Crippen LogP contribution in [0.2, 0.25) is 0 Å². The minimum absolute atomic E-state index is 0.242. The van der Waals surface area contributed by atoms with Crippen LogP contribution in [0, 0.1) is 16.0 Å². The number of rotatable bonds is 5. The van der Waals surface area contributed by atoms with Crippen LogP contribution in [0.1, 0.15) is 12.8 Å². The Bertz CT molecular complexity index is 866. The van der Waals surface area contributed by atoms with Crippen molar-refractivity contribution in [2.24, 2.45) is 5.92 Å². The Labute approximate surface area is 145 Å². The molecule has 10 heteroatoms. The lowest BCUT2D eigenvalue weighted by molar-refractivity contribution is -0.387. The summed E-state index contributed by atoms with van der Waals surface area (Å²) in [4.78, 5) is 16.2. The summed E-state index contributed by atoms with van der Waals surface area (Å²) >= 11 is 0. The zero-order valence-corrected chi connectivity index (χ0v) is 14.6. The van der Waals surface area contributed by atoms with Crippen molar-refractivity contribution in [3.63, 3.8) is 0 Å². The number of sulfone groups is 1. The molecule has 0 aliphatic carbocycles. The molecule has 2 aromatic rings. The second-order valence-electron chi connectivity index (χ2n) is 6.25. The predicted molar refractivity (Wildman–Crippen MR) is 91.2 cm³/mol. The highest BCUT2D eigenvalue weighted by Gasteiger charge is 2.26. The molecule has 3 rings (SSSR count). The number of piperidine rings is 1. The number of anilines is 1. The van der Waals surface area contributed by atoms with Crippen LogP contribution in [-0.4, -0.2) is 47.5 Å². The van der Waals surface area contributed by atoms with Gasteiger partial charge in [-0.2, -0.15) is 5.10 Å². The molecule has 0 bridgehead atoms. The summed E-state index contributed by atoms with van der Waals surface area (Å²) in [5.74, 6) is 0.354. The zero-order chi connectivity index (χ0) is 18.0. The SMILES string of the molecule is CS(=O)(=O)c1cc(N2CCCC(Cn3cncn3)C2)ccc1[N+](=O)[O-]. The second-order valence-corrected chi connectivity index (χ2v) is 8.24. The molecule has 0 amide bonds. The van der Waals surface area contributed by atoms with E-state index in [0.717, 1.165) is 38.7 Å². The van der Waals surface area contributed by atoms with Crippen molar-refractivity contribution in [3.05, 3.63) is 41.0 Å². The van der Waals surface area contributed by atoms with E-state index >= 15 is 0 Å². The first kappa shape index (κ1) is 17.3. The molecular formula is C15H19N5O4S. The second kappa shape index (κ2) is 6.79. The van der Waals surface area contributed by atoms with E-state index < -0.39 is 14.8 Å². The number of aromatic nitrogens is 3. The lowest BCUT2D eigenvalue weighted by atomic mass is 9.97. The van der Waals surface area contributed by atoms with Gasteiger partial charge < -0.3 is 4.90 Å². The molecule has 1 unspecified atom stereocenters. The van der Waals surface area contributed by atoms with Crippen LogP contribution in [-0.2, 0) is 16.4 Å². The molecule has 1 fully saturated rings. The van der Waals surface area contributed by atoms with Gasteiger partial charge in [-0.25, -0.2) is 13.4 Å². The largest absolute Gasteiger partial charge is 0.371 e. The van der Waals surface area contributed by atoms with Crippen LogP contribution >= 0.6 is 0 Å². The minimum atomic E-state index is -3.68. The molecule has 1 aromatic heterocycles. The molecular weight excluding hydrogens is 346 g/mol. The third kappa shape index (κ3) is 3.95. The fourth-order valence-electron chi connectivity index (χ4n) is 3.19. The van der Waals surface area contributed by atoms with E-state index in [1.165, 1.54) is 18.5 Å². The van der Waals surface area contributed by atoms with Crippen molar-refractivity contribution in [1.29, 1.82) is 0 Å². The number of nitro groups is 1. The van der Waals surface area contributed by atoms with Gasteiger partial charge in [0.2, 0.25) is 0 Å². The molecule has 9 nitrogen and oxygen atoms in total. The van der Waals surface area contributed by atoms with E-state index in [1.54, 1.807) is 17.1 Å². The summed E-state index contributed by atoms with van der Waals surface area (Å²) in [6, 6.07) is 4.29. The number of hydrogen-bond acceptors (Lipinski definition) is 7. The fourth-order valence-corrected chi connectivity index (χ4v) is 4.04. The van der Waals surface area contributed by atoms with Crippen LogP contribution in [0.25, 0.3) is 0 Å². The van der Waals surface area contributed by atoms with Gasteiger partial charge in [0.25, 0.3) is 5.69 Å². The van der Waals surface area contributed by atoms with Crippen molar-refractivity contribution in [3.8, 4) is 0 Å². The third-order valence-electron chi connectivity index (χ3n) is 4.34. The van der Waals surface area contributed by atoms with Crippen LogP contribution in [0.5, 0.6) is 0 Å². The zero-order valence-electron chi connectivity index (χ0n) is 13.8. The van der Waals surface area contributed by atoms with Crippen molar-refractivity contribution < 1.29 is 13.3 Å². The lowest BCUT2D eigenvalue weighted by Crippen LogP contribution is -2.37. The first-order valence-electron chi connectivity index (χ1n) is 7.90. The van der Waals surface area contributed by atoms with E-state index in [2.05, 4.69) is 15.0 Å². The maximum atomic E-state index is 11.9. The Morgan fingerprint density at radius 1 is 1.40 bits per heavy atom. The summed E-state index contributed by atoms with van der Waals surface area (Å²) in [6.45, 7) is 2.26. The lowest BCUT2D eigenvalue weighted by Gasteiger charge is -2.34. The molecule has 1 aliphatic heterocycles. The van der Waals surface area contributed by atoms with Crippen LogP contribution < -0.4 is 4.90 Å². The molecule has 134 valence electrons. The van der Waals surface area contributed by atoms with E-state index in [9.17, 15) is 18.5 Å². The van der Waals surface area contributed by atoms with E-state index in [1.807, 2.05) is 0 Å². The molecule has 1 saturated heterocycles. The third-order valence-corrected chi connectivity index (χ3v) is 5.46. The molecule has 0 saturated carbocycles. The number of hydrogen-bond donors (Lipinski definition) is 0. The number of nitro benzene ring substituents is 1. The van der Waals surface area contributed by atoms with E-state index in [-0.39, 0.29) is 10.6 Å². The van der Waals surface area contributed by atoms with Crippen LogP contribution in [0.3, 0.4) is 0 Å². The summed E-state index contributed by atoms with van der Waals surface area (Å²) in [5.41, 5.74) is 0.303.